The summed E-state index contributed by atoms with van der Waals surface area (Å²) in [7, 11) is 0. The van der Waals surface area contributed by atoms with Gasteiger partial charge in [0.1, 0.15) is 4.88 Å². The largest absolute Gasteiger partial charge is 0.448 e. The Morgan fingerprint density at radius 2 is 1.92 bits per heavy atom. The number of rotatable bonds is 5. The number of amides is 1. The average Bonchev–Trinajstić information content (AvgIpc) is 2.91. The molecule has 5 heteroatoms. The Kier molecular flexibility index (Phi) is 5.87. The van der Waals surface area contributed by atoms with Crippen LogP contribution in [0.3, 0.4) is 0 Å². The zero-order valence-corrected chi connectivity index (χ0v) is 15.2. The van der Waals surface area contributed by atoms with Gasteiger partial charge in [-0.3, -0.25) is 4.79 Å². The highest BCUT2D eigenvalue weighted by molar-refractivity contribution is 7.14. The molecule has 0 bridgehead atoms. The standard InChI is InChI=1S/C20H23NO3S/c1-14(19(22)21-13-15-8-4-2-5-9-15)24-20(23)18-12-16-10-6-3-7-11-17(16)25-18/h2,4-5,8-9,12,14H,3,6-7,10-11,13H2,1H3,(H,21,22). The van der Waals surface area contributed by atoms with Crippen molar-refractivity contribution in [2.24, 2.45) is 0 Å². The number of thiophene rings is 1. The smallest absolute Gasteiger partial charge is 0.349 e. The quantitative estimate of drug-likeness (QED) is 0.653. The average molecular weight is 357 g/mol. The van der Waals surface area contributed by atoms with Crippen LogP contribution in [0.15, 0.2) is 36.4 Å². The van der Waals surface area contributed by atoms with Gasteiger partial charge in [0, 0.05) is 11.4 Å². The number of carbonyl (C=O) groups is 2. The maximum atomic E-state index is 12.3. The topological polar surface area (TPSA) is 55.4 Å². The molecule has 132 valence electrons. The first kappa shape index (κ1) is 17.7. The van der Waals surface area contributed by atoms with Crippen LogP contribution in [0.4, 0.5) is 0 Å². The Morgan fingerprint density at radius 3 is 2.72 bits per heavy atom. The maximum absolute atomic E-state index is 12.3. The molecule has 1 aliphatic carbocycles. The second-order valence-electron chi connectivity index (χ2n) is 6.37. The van der Waals surface area contributed by atoms with Gasteiger partial charge in [0.25, 0.3) is 5.91 Å². The summed E-state index contributed by atoms with van der Waals surface area (Å²) in [4.78, 5) is 26.4. The number of ether oxygens (including phenoxy) is 1. The molecule has 1 aromatic heterocycles. The molecule has 0 saturated carbocycles. The predicted molar refractivity (Wildman–Crippen MR) is 98.7 cm³/mol. The summed E-state index contributed by atoms with van der Waals surface area (Å²) in [5.41, 5.74) is 2.28. The monoisotopic (exact) mass is 357 g/mol. The van der Waals surface area contributed by atoms with Crippen molar-refractivity contribution in [3.63, 3.8) is 0 Å². The van der Waals surface area contributed by atoms with E-state index >= 15 is 0 Å². The van der Waals surface area contributed by atoms with E-state index in [1.165, 1.54) is 41.0 Å². The first-order valence-electron chi connectivity index (χ1n) is 8.77. The molecule has 0 spiro atoms. The lowest BCUT2D eigenvalue weighted by Gasteiger charge is -2.13. The van der Waals surface area contributed by atoms with Crippen molar-refractivity contribution >= 4 is 23.2 Å². The van der Waals surface area contributed by atoms with E-state index in [-0.39, 0.29) is 5.91 Å². The number of nitrogens with one attached hydrogen (secondary N) is 1. The molecule has 1 atom stereocenters. The van der Waals surface area contributed by atoms with Crippen LogP contribution in [0.2, 0.25) is 0 Å². The zero-order chi connectivity index (χ0) is 17.6. The molecule has 1 aromatic carbocycles. The summed E-state index contributed by atoms with van der Waals surface area (Å²) in [6, 6.07) is 11.6. The molecule has 25 heavy (non-hydrogen) atoms. The normalized spacial score (nSPS) is 14.9. The summed E-state index contributed by atoms with van der Waals surface area (Å²) >= 11 is 1.51. The van der Waals surface area contributed by atoms with Crippen molar-refractivity contribution in [2.75, 3.05) is 0 Å². The van der Waals surface area contributed by atoms with E-state index in [1.54, 1.807) is 6.92 Å². The van der Waals surface area contributed by atoms with Crippen molar-refractivity contribution in [1.82, 2.24) is 5.32 Å². The highest BCUT2D eigenvalue weighted by Gasteiger charge is 2.22. The third-order valence-corrected chi connectivity index (χ3v) is 5.63. The molecule has 4 nitrogen and oxygen atoms in total. The Balaban J connectivity index is 1.54. The number of hydrogen-bond acceptors (Lipinski definition) is 4. The molecular weight excluding hydrogens is 334 g/mol. The second-order valence-corrected chi connectivity index (χ2v) is 7.51. The molecule has 1 N–H and O–H groups in total. The SMILES string of the molecule is CC(OC(=O)c1cc2c(s1)CCCCC2)C(=O)NCc1ccccc1. The Bertz CT molecular complexity index is 715. The summed E-state index contributed by atoms with van der Waals surface area (Å²) in [5.74, 6) is -0.684. The van der Waals surface area contributed by atoms with Gasteiger partial charge in [0.05, 0.1) is 0 Å². The molecule has 3 rings (SSSR count). The van der Waals surface area contributed by atoms with E-state index < -0.39 is 12.1 Å². The molecule has 0 radical (unpaired) electrons. The second kappa shape index (κ2) is 8.30. The minimum Gasteiger partial charge on any atom is -0.448 e. The van der Waals surface area contributed by atoms with Gasteiger partial charge >= 0.3 is 5.97 Å². The van der Waals surface area contributed by atoms with Crippen LogP contribution in [0.1, 0.15) is 51.9 Å². The van der Waals surface area contributed by atoms with E-state index in [0.29, 0.717) is 11.4 Å². The third kappa shape index (κ3) is 4.69. The minimum atomic E-state index is -0.807. The van der Waals surface area contributed by atoms with Crippen LogP contribution in [0, 0.1) is 0 Å². The first-order valence-corrected chi connectivity index (χ1v) is 9.59. The van der Waals surface area contributed by atoms with Crippen LogP contribution in [-0.2, 0) is 28.9 Å². The van der Waals surface area contributed by atoms with Gasteiger partial charge in [-0.1, -0.05) is 36.8 Å². The maximum Gasteiger partial charge on any atom is 0.349 e. The summed E-state index contributed by atoms with van der Waals surface area (Å²) in [6.07, 6.45) is 4.88. The first-order chi connectivity index (χ1) is 12.1. The van der Waals surface area contributed by atoms with E-state index in [2.05, 4.69) is 5.32 Å². The van der Waals surface area contributed by atoms with Crippen molar-refractivity contribution in [2.45, 2.75) is 51.7 Å². The van der Waals surface area contributed by atoms with Crippen LogP contribution < -0.4 is 5.32 Å². The Labute approximate surface area is 152 Å². The number of fused-ring (bicyclic) bond motifs is 1. The number of hydrogen-bond donors (Lipinski definition) is 1. The van der Waals surface area contributed by atoms with E-state index in [9.17, 15) is 9.59 Å². The third-order valence-electron chi connectivity index (χ3n) is 4.41. The number of benzene rings is 1. The molecule has 1 heterocycles. The van der Waals surface area contributed by atoms with Gasteiger partial charge in [0.15, 0.2) is 6.10 Å². The Hall–Kier alpha value is -2.14. The zero-order valence-electron chi connectivity index (χ0n) is 14.4. The predicted octanol–water partition coefficient (Wildman–Crippen LogP) is 3.88. The van der Waals surface area contributed by atoms with Crippen LogP contribution >= 0.6 is 11.3 Å². The number of aryl methyl sites for hydroxylation is 2. The van der Waals surface area contributed by atoms with E-state index in [4.69, 9.17) is 4.74 Å². The number of carbonyl (C=O) groups excluding carboxylic acids is 2. The van der Waals surface area contributed by atoms with Crippen molar-refractivity contribution in [3.05, 3.63) is 57.3 Å². The molecule has 0 aliphatic heterocycles. The van der Waals surface area contributed by atoms with Gasteiger partial charge in [-0.05, 0) is 49.8 Å². The highest BCUT2D eigenvalue weighted by atomic mass is 32.1. The van der Waals surface area contributed by atoms with Crippen molar-refractivity contribution in [1.29, 1.82) is 0 Å². The molecule has 1 aliphatic rings. The molecule has 0 saturated heterocycles. The molecule has 0 fully saturated rings. The van der Waals surface area contributed by atoms with Crippen LogP contribution in [0.25, 0.3) is 0 Å². The van der Waals surface area contributed by atoms with E-state index in [1.807, 2.05) is 36.4 Å². The van der Waals surface area contributed by atoms with E-state index in [0.717, 1.165) is 18.4 Å². The fourth-order valence-electron chi connectivity index (χ4n) is 2.97. The molecular formula is C20H23NO3S. The lowest BCUT2D eigenvalue weighted by Crippen LogP contribution is -2.35. The number of esters is 1. The molecule has 1 unspecified atom stereocenters. The summed E-state index contributed by atoms with van der Waals surface area (Å²) in [5, 5.41) is 2.80. The minimum absolute atomic E-state index is 0.282. The van der Waals surface area contributed by atoms with Gasteiger partial charge in [-0.15, -0.1) is 11.3 Å². The molecule has 2 aromatic rings. The Morgan fingerprint density at radius 1 is 1.16 bits per heavy atom. The van der Waals surface area contributed by atoms with Gasteiger partial charge in [0.2, 0.25) is 0 Å². The highest BCUT2D eigenvalue weighted by Crippen LogP contribution is 2.29. The summed E-state index contributed by atoms with van der Waals surface area (Å²) < 4.78 is 5.36. The van der Waals surface area contributed by atoms with Crippen molar-refractivity contribution in [3.8, 4) is 0 Å². The van der Waals surface area contributed by atoms with Gasteiger partial charge < -0.3 is 10.1 Å². The van der Waals surface area contributed by atoms with Gasteiger partial charge in [-0.25, -0.2) is 4.79 Å². The van der Waals surface area contributed by atoms with Crippen molar-refractivity contribution < 1.29 is 14.3 Å². The molecule has 1 amide bonds. The fourth-order valence-corrected chi connectivity index (χ4v) is 4.11. The lowest BCUT2D eigenvalue weighted by atomic mass is 10.1. The van der Waals surface area contributed by atoms with Gasteiger partial charge in [-0.2, -0.15) is 0 Å². The fraction of sp³-hybridized carbons (Fsp3) is 0.400. The van der Waals surface area contributed by atoms with Crippen LogP contribution in [0.5, 0.6) is 0 Å². The van der Waals surface area contributed by atoms with Crippen LogP contribution in [-0.4, -0.2) is 18.0 Å². The summed E-state index contributed by atoms with van der Waals surface area (Å²) in [6.45, 7) is 2.03. The lowest BCUT2D eigenvalue weighted by molar-refractivity contribution is -0.129.